The van der Waals surface area contributed by atoms with Gasteiger partial charge in [0.15, 0.2) is 0 Å². The maximum absolute atomic E-state index is 13.8. The molecule has 1 N–H and O–H groups in total. The van der Waals surface area contributed by atoms with Crippen LogP contribution in [0.4, 0.5) is 14.5 Å². The van der Waals surface area contributed by atoms with Crippen LogP contribution in [0.5, 0.6) is 5.88 Å². The number of anilines is 1. The van der Waals surface area contributed by atoms with Crippen molar-refractivity contribution < 1.29 is 18.3 Å². The Labute approximate surface area is 137 Å². The zero-order chi connectivity index (χ0) is 17.1. The van der Waals surface area contributed by atoms with E-state index in [1.165, 1.54) is 37.7 Å². The number of nitrogens with one attached hydrogen (secondary N) is 1. The first kappa shape index (κ1) is 16.1. The number of benzene rings is 1. The van der Waals surface area contributed by atoms with Gasteiger partial charge in [0, 0.05) is 25.2 Å². The summed E-state index contributed by atoms with van der Waals surface area (Å²) in [7, 11) is 1.45. The van der Waals surface area contributed by atoms with Gasteiger partial charge in [0.1, 0.15) is 29.3 Å². The van der Waals surface area contributed by atoms with E-state index in [2.05, 4.69) is 15.3 Å². The topological polar surface area (TPSA) is 67.3 Å². The van der Waals surface area contributed by atoms with Crippen molar-refractivity contribution in [1.82, 2.24) is 15.3 Å². The molecule has 1 aliphatic heterocycles. The second-order valence-electron chi connectivity index (χ2n) is 5.42. The Bertz CT molecular complexity index is 736. The highest BCUT2D eigenvalue weighted by Crippen LogP contribution is 2.26. The van der Waals surface area contributed by atoms with Crippen molar-refractivity contribution in [2.24, 2.45) is 0 Å². The molecule has 0 aliphatic carbocycles. The predicted octanol–water partition coefficient (Wildman–Crippen LogP) is 1.77. The summed E-state index contributed by atoms with van der Waals surface area (Å²) in [4.78, 5) is 21.6. The van der Waals surface area contributed by atoms with E-state index in [4.69, 9.17) is 4.74 Å². The number of nitrogens with zero attached hydrogens (tertiary/aromatic N) is 3. The Balaban J connectivity index is 1.67. The molecule has 24 heavy (non-hydrogen) atoms. The molecule has 0 bridgehead atoms. The van der Waals surface area contributed by atoms with Gasteiger partial charge in [-0.2, -0.15) is 0 Å². The minimum absolute atomic E-state index is 0.0574. The van der Waals surface area contributed by atoms with Gasteiger partial charge in [0.05, 0.1) is 7.11 Å². The standard InChI is InChI=1S/C16H16F2N4O2/c1-24-14-7-13(19-9-20-14)16(23)21-10-5-6-22(8-10)15-11(17)3-2-4-12(15)18/h2-4,7,9-10H,5-6,8H2,1H3,(H,21,23)/t10-/m0/s1. The van der Waals surface area contributed by atoms with Crippen LogP contribution >= 0.6 is 0 Å². The van der Waals surface area contributed by atoms with E-state index in [9.17, 15) is 13.6 Å². The van der Waals surface area contributed by atoms with Crippen LogP contribution in [0.15, 0.2) is 30.6 Å². The van der Waals surface area contributed by atoms with Gasteiger partial charge < -0.3 is 15.0 Å². The van der Waals surface area contributed by atoms with Crippen LogP contribution in [0.1, 0.15) is 16.9 Å². The number of para-hydroxylation sites is 1. The SMILES string of the molecule is COc1cc(C(=O)N[C@H]2CCN(c3c(F)cccc3F)C2)ncn1. The number of carbonyl (C=O) groups is 1. The maximum Gasteiger partial charge on any atom is 0.270 e. The number of aromatic nitrogens is 2. The number of halogens is 2. The number of hydrogen-bond acceptors (Lipinski definition) is 5. The molecule has 1 saturated heterocycles. The van der Waals surface area contributed by atoms with Crippen molar-refractivity contribution in [1.29, 1.82) is 0 Å². The first-order chi connectivity index (χ1) is 11.6. The highest BCUT2D eigenvalue weighted by atomic mass is 19.1. The van der Waals surface area contributed by atoms with Crippen molar-refractivity contribution in [3.63, 3.8) is 0 Å². The highest BCUT2D eigenvalue weighted by molar-refractivity contribution is 5.92. The van der Waals surface area contributed by atoms with Crippen molar-refractivity contribution >= 4 is 11.6 Å². The molecule has 1 amide bonds. The van der Waals surface area contributed by atoms with Crippen LogP contribution in [0.3, 0.4) is 0 Å². The quantitative estimate of drug-likeness (QED) is 0.923. The van der Waals surface area contributed by atoms with Crippen LogP contribution in [0.25, 0.3) is 0 Å². The molecule has 6 nitrogen and oxygen atoms in total. The summed E-state index contributed by atoms with van der Waals surface area (Å²) in [6, 6.07) is 4.97. The third-order valence-corrected chi connectivity index (χ3v) is 3.86. The van der Waals surface area contributed by atoms with Crippen molar-refractivity contribution in [2.45, 2.75) is 12.5 Å². The summed E-state index contributed by atoms with van der Waals surface area (Å²) in [6.07, 6.45) is 1.82. The molecule has 2 heterocycles. The number of methoxy groups -OCH3 is 1. The van der Waals surface area contributed by atoms with Gasteiger partial charge in [0.25, 0.3) is 5.91 Å². The monoisotopic (exact) mass is 334 g/mol. The fourth-order valence-electron chi connectivity index (χ4n) is 2.71. The zero-order valence-electron chi connectivity index (χ0n) is 13.0. The van der Waals surface area contributed by atoms with E-state index in [0.29, 0.717) is 19.5 Å². The summed E-state index contributed by atoms with van der Waals surface area (Å²) in [5, 5.41) is 2.81. The minimum Gasteiger partial charge on any atom is -0.481 e. The molecular formula is C16H16F2N4O2. The molecule has 1 fully saturated rings. The minimum atomic E-state index is -0.609. The Hall–Kier alpha value is -2.77. The van der Waals surface area contributed by atoms with E-state index >= 15 is 0 Å². The summed E-state index contributed by atoms with van der Waals surface area (Å²) < 4.78 is 32.6. The second kappa shape index (κ2) is 6.77. The van der Waals surface area contributed by atoms with Crippen LogP contribution in [-0.2, 0) is 0 Å². The van der Waals surface area contributed by atoms with E-state index in [0.717, 1.165) is 0 Å². The first-order valence-corrected chi connectivity index (χ1v) is 7.44. The molecule has 3 rings (SSSR count). The Morgan fingerprint density at radius 1 is 1.33 bits per heavy atom. The molecule has 2 aromatic rings. The van der Waals surface area contributed by atoms with E-state index in [1.54, 1.807) is 4.90 Å². The second-order valence-corrected chi connectivity index (χ2v) is 5.42. The fourth-order valence-corrected chi connectivity index (χ4v) is 2.71. The Kier molecular flexibility index (Phi) is 4.54. The maximum atomic E-state index is 13.8. The number of hydrogen-bond donors (Lipinski definition) is 1. The Morgan fingerprint density at radius 3 is 2.79 bits per heavy atom. The van der Waals surface area contributed by atoms with Crippen LogP contribution in [-0.4, -0.2) is 42.1 Å². The predicted molar refractivity (Wildman–Crippen MR) is 83.0 cm³/mol. The molecule has 1 aliphatic rings. The lowest BCUT2D eigenvalue weighted by Gasteiger charge is -2.20. The normalized spacial score (nSPS) is 17.0. The average molecular weight is 334 g/mol. The van der Waals surface area contributed by atoms with Crippen LogP contribution in [0.2, 0.25) is 0 Å². The molecule has 0 radical (unpaired) electrons. The van der Waals surface area contributed by atoms with E-state index in [1.807, 2.05) is 0 Å². The van der Waals surface area contributed by atoms with Gasteiger partial charge in [-0.25, -0.2) is 18.7 Å². The van der Waals surface area contributed by atoms with Gasteiger partial charge in [-0.05, 0) is 18.6 Å². The molecule has 8 heteroatoms. The molecule has 1 aromatic carbocycles. The lowest BCUT2D eigenvalue weighted by molar-refractivity contribution is 0.0934. The van der Waals surface area contributed by atoms with Gasteiger partial charge >= 0.3 is 0 Å². The highest BCUT2D eigenvalue weighted by Gasteiger charge is 2.28. The van der Waals surface area contributed by atoms with Crippen LogP contribution in [0, 0.1) is 11.6 Å². The smallest absolute Gasteiger partial charge is 0.270 e. The molecule has 1 atom stereocenters. The number of ether oxygens (including phenoxy) is 1. The number of rotatable bonds is 4. The van der Waals surface area contributed by atoms with Gasteiger partial charge in [-0.3, -0.25) is 4.79 Å². The molecule has 126 valence electrons. The summed E-state index contributed by atoms with van der Waals surface area (Å²) in [5.41, 5.74) is 0.121. The Morgan fingerprint density at radius 2 is 2.08 bits per heavy atom. The molecule has 0 saturated carbocycles. The third-order valence-electron chi connectivity index (χ3n) is 3.86. The average Bonchev–Trinajstić information content (AvgIpc) is 3.02. The van der Waals surface area contributed by atoms with Gasteiger partial charge in [-0.1, -0.05) is 6.07 Å². The largest absolute Gasteiger partial charge is 0.481 e. The molecule has 1 aromatic heterocycles. The molecular weight excluding hydrogens is 318 g/mol. The molecule has 0 unspecified atom stereocenters. The summed E-state index contributed by atoms with van der Waals surface area (Å²) in [5.74, 6) is -1.31. The molecule has 0 spiro atoms. The zero-order valence-corrected chi connectivity index (χ0v) is 13.0. The number of carbonyl (C=O) groups excluding carboxylic acids is 1. The van der Waals surface area contributed by atoms with E-state index in [-0.39, 0.29) is 29.2 Å². The van der Waals surface area contributed by atoms with Gasteiger partial charge in [-0.15, -0.1) is 0 Å². The lowest BCUT2D eigenvalue weighted by Crippen LogP contribution is -2.37. The summed E-state index contributed by atoms with van der Waals surface area (Å²) >= 11 is 0. The van der Waals surface area contributed by atoms with Crippen LogP contribution < -0.4 is 15.0 Å². The summed E-state index contributed by atoms with van der Waals surface area (Å²) in [6.45, 7) is 0.779. The number of amides is 1. The fraction of sp³-hybridized carbons (Fsp3) is 0.312. The van der Waals surface area contributed by atoms with Crippen molar-refractivity contribution in [2.75, 3.05) is 25.1 Å². The van der Waals surface area contributed by atoms with Crippen molar-refractivity contribution in [3.8, 4) is 5.88 Å². The van der Waals surface area contributed by atoms with E-state index < -0.39 is 11.6 Å². The van der Waals surface area contributed by atoms with Gasteiger partial charge in [0.2, 0.25) is 5.88 Å². The first-order valence-electron chi connectivity index (χ1n) is 7.44. The third kappa shape index (κ3) is 3.27. The van der Waals surface area contributed by atoms with Crippen molar-refractivity contribution in [3.05, 3.63) is 47.9 Å². The lowest BCUT2D eigenvalue weighted by atomic mass is 10.2.